The van der Waals surface area contributed by atoms with E-state index >= 15 is 0 Å². The molecule has 3 N–H and O–H groups in total. The number of nitrogens with zero attached hydrogens (tertiary/aromatic N) is 2. The van der Waals surface area contributed by atoms with Gasteiger partial charge in [0.2, 0.25) is 0 Å². The number of alkyl carbamates (subject to hydrolysis) is 1. The van der Waals surface area contributed by atoms with Crippen molar-refractivity contribution < 1.29 is 28.6 Å². The van der Waals surface area contributed by atoms with Crippen LogP contribution in [0.2, 0.25) is 5.02 Å². The summed E-state index contributed by atoms with van der Waals surface area (Å²) in [4.78, 5) is 46.3. The number of hydrogen-bond acceptors (Lipinski definition) is 8. The number of aromatic nitrogens is 2. The largest absolute Gasteiger partial charge is 0.490 e. The van der Waals surface area contributed by atoms with Gasteiger partial charge in [0.1, 0.15) is 29.9 Å². The smallest absolute Gasteiger partial charge is 0.407 e. The SMILES string of the molecule is CO[C@H](CNC(=O)OC(C)(C)C)COc1cc(C)ccc1C(=O)Nc1cccnc1C(=O)Nc1ccc(Cl)cn1. The van der Waals surface area contributed by atoms with Crippen molar-refractivity contribution in [3.8, 4) is 5.75 Å². The van der Waals surface area contributed by atoms with Crippen molar-refractivity contribution in [2.75, 3.05) is 30.9 Å². The lowest BCUT2D eigenvalue weighted by atomic mass is 10.1. The first-order valence-corrected chi connectivity index (χ1v) is 12.8. The number of carbonyl (C=O) groups excluding carboxylic acids is 3. The summed E-state index contributed by atoms with van der Waals surface area (Å²) in [5.41, 5.74) is 0.658. The summed E-state index contributed by atoms with van der Waals surface area (Å²) in [6, 6.07) is 11.4. The summed E-state index contributed by atoms with van der Waals surface area (Å²) < 4.78 is 16.6. The topological polar surface area (TPSA) is 141 Å². The summed E-state index contributed by atoms with van der Waals surface area (Å²) in [6.07, 6.45) is 1.75. The molecule has 12 heteroatoms. The normalized spacial score (nSPS) is 11.8. The molecule has 11 nitrogen and oxygen atoms in total. The molecule has 0 aliphatic rings. The van der Waals surface area contributed by atoms with Crippen LogP contribution in [-0.4, -0.2) is 59.8 Å². The van der Waals surface area contributed by atoms with Gasteiger partial charge in [-0.1, -0.05) is 17.7 Å². The van der Waals surface area contributed by atoms with Gasteiger partial charge >= 0.3 is 6.09 Å². The monoisotopic (exact) mass is 569 g/mol. The standard InChI is InChI=1S/C28H32ClN5O6/c1-17-8-10-20(22(13-17)39-16-19(38-5)15-32-27(37)40-28(2,3)4)25(35)33-21-7-6-12-30-24(21)26(36)34-23-11-9-18(29)14-31-23/h6-14,19H,15-16H2,1-5H3,(H,32,37)(H,33,35)(H,31,34,36)/t19-/m1/s1. The molecule has 3 rings (SSSR count). The third-order valence-corrected chi connectivity index (χ3v) is 5.48. The minimum Gasteiger partial charge on any atom is -0.490 e. The number of aryl methyl sites for hydroxylation is 1. The van der Waals surface area contributed by atoms with Gasteiger partial charge in [-0.2, -0.15) is 0 Å². The molecule has 0 aliphatic carbocycles. The Balaban J connectivity index is 1.70. The van der Waals surface area contributed by atoms with Gasteiger partial charge in [0.25, 0.3) is 11.8 Å². The number of methoxy groups -OCH3 is 1. The number of halogens is 1. The Morgan fingerprint density at radius 1 is 1.02 bits per heavy atom. The minimum absolute atomic E-state index is 0.00477. The molecule has 0 saturated carbocycles. The van der Waals surface area contributed by atoms with E-state index in [0.29, 0.717) is 10.8 Å². The summed E-state index contributed by atoms with van der Waals surface area (Å²) in [5, 5.41) is 8.44. The highest BCUT2D eigenvalue weighted by molar-refractivity contribution is 6.30. The maximum Gasteiger partial charge on any atom is 0.407 e. The van der Waals surface area contributed by atoms with E-state index in [1.807, 2.05) is 6.92 Å². The lowest BCUT2D eigenvalue weighted by molar-refractivity contribution is 0.0366. The average Bonchev–Trinajstić information content (AvgIpc) is 2.89. The Labute approximate surface area is 237 Å². The Hall–Kier alpha value is -4.22. The highest BCUT2D eigenvalue weighted by Crippen LogP contribution is 2.23. The second-order valence-corrected chi connectivity index (χ2v) is 10.2. The van der Waals surface area contributed by atoms with Gasteiger partial charge in [-0.25, -0.2) is 14.8 Å². The number of nitrogens with one attached hydrogen (secondary N) is 3. The molecule has 0 saturated heterocycles. The van der Waals surface area contributed by atoms with E-state index in [-0.39, 0.29) is 35.9 Å². The molecular formula is C28H32ClN5O6. The Morgan fingerprint density at radius 2 is 1.80 bits per heavy atom. The van der Waals surface area contributed by atoms with E-state index in [1.54, 1.807) is 63.2 Å². The lowest BCUT2D eigenvalue weighted by Crippen LogP contribution is -2.39. The first-order valence-electron chi connectivity index (χ1n) is 12.4. The fourth-order valence-electron chi connectivity index (χ4n) is 3.34. The van der Waals surface area contributed by atoms with Crippen LogP contribution in [0.1, 0.15) is 47.2 Å². The minimum atomic E-state index is -0.630. The molecule has 0 bridgehead atoms. The number of benzene rings is 1. The van der Waals surface area contributed by atoms with Crippen molar-refractivity contribution in [3.05, 3.63) is 76.7 Å². The van der Waals surface area contributed by atoms with Crippen LogP contribution in [-0.2, 0) is 9.47 Å². The van der Waals surface area contributed by atoms with Gasteiger partial charge in [-0.3, -0.25) is 9.59 Å². The van der Waals surface area contributed by atoms with Crippen LogP contribution < -0.4 is 20.7 Å². The van der Waals surface area contributed by atoms with Gasteiger partial charge in [0.15, 0.2) is 5.69 Å². The zero-order valence-electron chi connectivity index (χ0n) is 22.9. The van der Waals surface area contributed by atoms with Crippen LogP contribution in [0.3, 0.4) is 0 Å². The van der Waals surface area contributed by atoms with E-state index in [9.17, 15) is 14.4 Å². The van der Waals surface area contributed by atoms with Crippen LogP contribution in [0.4, 0.5) is 16.3 Å². The molecule has 0 radical (unpaired) electrons. The van der Waals surface area contributed by atoms with E-state index < -0.39 is 29.6 Å². The summed E-state index contributed by atoms with van der Waals surface area (Å²) in [7, 11) is 1.49. The number of carbonyl (C=O) groups is 3. The van der Waals surface area contributed by atoms with Gasteiger partial charge in [0, 0.05) is 19.5 Å². The molecule has 0 spiro atoms. The fourth-order valence-corrected chi connectivity index (χ4v) is 3.45. The van der Waals surface area contributed by atoms with E-state index in [1.165, 1.54) is 19.5 Å². The molecule has 0 aliphatic heterocycles. The predicted octanol–water partition coefficient (Wildman–Crippen LogP) is 4.86. The van der Waals surface area contributed by atoms with Crippen LogP contribution in [0.25, 0.3) is 0 Å². The molecular weight excluding hydrogens is 538 g/mol. The van der Waals surface area contributed by atoms with Gasteiger partial charge in [-0.15, -0.1) is 0 Å². The second kappa shape index (κ2) is 13.7. The van der Waals surface area contributed by atoms with Crippen molar-refractivity contribution in [1.82, 2.24) is 15.3 Å². The zero-order valence-corrected chi connectivity index (χ0v) is 23.7. The van der Waals surface area contributed by atoms with Crippen LogP contribution >= 0.6 is 11.6 Å². The van der Waals surface area contributed by atoms with Gasteiger partial charge in [-0.05, 0) is 69.7 Å². The number of rotatable bonds is 10. The fraction of sp³-hybridized carbons (Fsp3) is 0.321. The van der Waals surface area contributed by atoms with E-state index in [2.05, 4.69) is 25.9 Å². The molecule has 0 fully saturated rings. The van der Waals surface area contributed by atoms with Crippen molar-refractivity contribution >= 4 is 41.0 Å². The summed E-state index contributed by atoms with van der Waals surface area (Å²) >= 11 is 5.85. The third kappa shape index (κ3) is 9.21. The molecule has 1 aromatic carbocycles. The molecule has 212 valence electrons. The summed E-state index contributed by atoms with van der Waals surface area (Å²) in [6.45, 7) is 7.35. The molecule has 1 atom stereocenters. The average molecular weight is 570 g/mol. The molecule has 0 unspecified atom stereocenters. The first-order chi connectivity index (χ1) is 18.9. The van der Waals surface area contributed by atoms with Crippen molar-refractivity contribution in [2.45, 2.75) is 39.4 Å². The Bertz CT molecular complexity index is 1340. The summed E-state index contributed by atoms with van der Waals surface area (Å²) in [5.74, 6) is -0.494. The number of anilines is 2. The van der Waals surface area contributed by atoms with Gasteiger partial charge in [0.05, 0.1) is 22.8 Å². The Kier molecular flexibility index (Phi) is 10.4. The maximum atomic E-state index is 13.3. The van der Waals surface area contributed by atoms with E-state index in [4.69, 9.17) is 25.8 Å². The van der Waals surface area contributed by atoms with Crippen molar-refractivity contribution in [1.29, 1.82) is 0 Å². The maximum absolute atomic E-state index is 13.3. The predicted molar refractivity (Wildman–Crippen MR) is 151 cm³/mol. The molecule has 40 heavy (non-hydrogen) atoms. The number of ether oxygens (including phenoxy) is 3. The number of pyridine rings is 2. The Morgan fingerprint density at radius 3 is 2.48 bits per heavy atom. The number of hydrogen-bond donors (Lipinski definition) is 3. The van der Waals surface area contributed by atoms with Crippen molar-refractivity contribution in [3.63, 3.8) is 0 Å². The third-order valence-electron chi connectivity index (χ3n) is 5.25. The number of amides is 3. The lowest BCUT2D eigenvalue weighted by Gasteiger charge is -2.22. The van der Waals surface area contributed by atoms with Crippen LogP contribution in [0.15, 0.2) is 54.9 Å². The molecule has 3 amide bonds. The zero-order chi connectivity index (χ0) is 29.3. The van der Waals surface area contributed by atoms with Gasteiger partial charge < -0.3 is 30.2 Å². The highest BCUT2D eigenvalue weighted by Gasteiger charge is 2.21. The molecule has 3 aromatic rings. The molecule has 2 heterocycles. The molecule has 2 aromatic heterocycles. The van der Waals surface area contributed by atoms with Crippen LogP contribution in [0.5, 0.6) is 5.75 Å². The quantitative estimate of drug-likeness (QED) is 0.314. The van der Waals surface area contributed by atoms with E-state index in [0.717, 1.165) is 5.56 Å². The van der Waals surface area contributed by atoms with Crippen molar-refractivity contribution in [2.24, 2.45) is 0 Å². The van der Waals surface area contributed by atoms with Crippen LogP contribution in [0, 0.1) is 6.92 Å². The first kappa shape index (κ1) is 30.3. The highest BCUT2D eigenvalue weighted by atomic mass is 35.5. The second-order valence-electron chi connectivity index (χ2n) is 9.72.